The predicted octanol–water partition coefficient (Wildman–Crippen LogP) is 15.7. The number of nitrogens with zero attached hydrogens (tertiary/aromatic N) is 1. The number of anilines is 3. The largest absolute Gasteiger partial charge is 0.457 e. The molecule has 0 aromatic heterocycles. The molecule has 1 spiro atoms. The van der Waals surface area contributed by atoms with E-state index in [-0.39, 0.29) is 0 Å². The van der Waals surface area contributed by atoms with Crippen molar-refractivity contribution in [3.63, 3.8) is 0 Å². The summed E-state index contributed by atoms with van der Waals surface area (Å²) in [5.74, 6) is 1.74. The maximum Gasteiger partial charge on any atom is 0.132 e. The fourth-order valence-electron chi connectivity index (χ4n) is 9.70. The van der Waals surface area contributed by atoms with E-state index in [9.17, 15) is 0 Å². The second-order valence-corrected chi connectivity index (χ2v) is 16.7. The smallest absolute Gasteiger partial charge is 0.132 e. The molecule has 2 heterocycles. The second-order valence-electron chi connectivity index (χ2n) is 15.6. The topological polar surface area (TPSA) is 12.5 Å². The van der Waals surface area contributed by atoms with Crippen LogP contribution in [0.4, 0.5) is 17.1 Å². The fraction of sp³-hybridized carbons (Fsp3) is 0.0175. The highest BCUT2D eigenvalue weighted by atomic mass is 32.2. The van der Waals surface area contributed by atoms with Crippen molar-refractivity contribution in [1.29, 1.82) is 0 Å². The summed E-state index contributed by atoms with van der Waals surface area (Å²) in [5.41, 5.74) is 12.1. The summed E-state index contributed by atoms with van der Waals surface area (Å²) in [7, 11) is 0. The Balaban J connectivity index is 1.12. The van der Waals surface area contributed by atoms with Crippen molar-refractivity contribution in [2.24, 2.45) is 0 Å². The molecule has 60 heavy (non-hydrogen) atoms. The third-order valence-electron chi connectivity index (χ3n) is 12.4. The highest BCUT2D eigenvalue weighted by Gasteiger charge is 2.50. The normalized spacial score (nSPS) is 13.2. The molecule has 2 aliphatic rings. The lowest BCUT2D eigenvalue weighted by Crippen LogP contribution is -2.37. The molecule has 3 heteroatoms. The molecule has 0 unspecified atom stereocenters. The number of ether oxygens (including phenoxy) is 1. The first kappa shape index (κ1) is 34.7. The molecule has 0 radical (unpaired) electrons. The zero-order valence-corrected chi connectivity index (χ0v) is 33.4. The summed E-state index contributed by atoms with van der Waals surface area (Å²) >= 11 is 1.85. The van der Waals surface area contributed by atoms with Crippen LogP contribution < -0.4 is 9.64 Å². The van der Waals surface area contributed by atoms with E-state index >= 15 is 0 Å². The molecule has 10 aromatic carbocycles. The van der Waals surface area contributed by atoms with Gasteiger partial charge in [0.15, 0.2) is 0 Å². The summed E-state index contributed by atoms with van der Waals surface area (Å²) in [6.45, 7) is 0. The minimum absolute atomic E-state index is 0.662. The standard InChI is InChI=1S/C57H37NOS/c1-2-14-38(15-3-1)42-30-34-53-50(36-42)57(48-23-8-10-26-55(48)60-56-27-11-9-24-49(56)57)51-37-44(33-35-54(51)59-53)58(52-25-13-19-40-17-5-7-21-47(40)52)43-31-28-41(29-32-43)46-22-12-18-39-16-4-6-20-45(39)46/h1-37H. The van der Waals surface area contributed by atoms with Gasteiger partial charge in [0.2, 0.25) is 0 Å². The summed E-state index contributed by atoms with van der Waals surface area (Å²) in [6.07, 6.45) is 0. The van der Waals surface area contributed by atoms with Gasteiger partial charge < -0.3 is 9.64 Å². The highest BCUT2D eigenvalue weighted by Crippen LogP contribution is 2.62. The number of hydrogen-bond donors (Lipinski definition) is 0. The van der Waals surface area contributed by atoms with Crippen molar-refractivity contribution in [2.45, 2.75) is 15.2 Å². The first-order chi connectivity index (χ1) is 29.7. The first-order valence-corrected chi connectivity index (χ1v) is 21.3. The van der Waals surface area contributed by atoms with Crippen LogP contribution in [0.2, 0.25) is 0 Å². The van der Waals surface area contributed by atoms with Gasteiger partial charge in [-0.05, 0) is 110 Å². The first-order valence-electron chi connectivity index (χ1n) is 20.5. The van der Waals surface area contributed by atoms with E-state index < -0.39 is 5.41 Å². The molecular weight excluding hydrogens is 747 g/mol. The number of rotatable bonds is 5. The fourth-order valence-corrected chi connectivity index (χ4v) is 10.9. The quantitative estimate of drug-likeness (QED) is 0.172. The molecule has 0 saturated carbocycles. The summed E-state index contributed by atoms with van der Waals surface area (Å²) in [4.78, 5) is 4.93. The Morgan fingerprint density at radius 1 is 0.367 bits per heavy atom. The van der Waals surface area contributed by atoms with Gasteiger partial charge in [0.1, 0.15) is 11.5 Å². The molecule has 0 atom stereocenters. The maximum atomic E-state index is 7.02. The maximum absolute atomic E-state index is 7.02. The van der Waals surface area contributed by atoms with Gasteiger partial charge in [0, 0.05) is 37.7 Å². The van der Waals surface area contributed by atoms with Crippen LogP contribution in [0, 0.1) is 0 Å². The molecule has 0 saturated heterocycles. The predicted molar refractivity (Wildman–Crippen MR) is 250 cm³/mol. The number of hydrogen-bond acceptors (Lipinski definition) is 3. The van der Waals surface area contributed by atoms with E-state index in [0.29, 0.717) is 0 Å². The number of benzene rings is 10. The average Bonchev–Trinajstić information content (AvgIpc) is 3.32. The lowest BCUT2D eigenvalue weighted by atomic mass is 9.63. The average molecular weight is 784 g/mol. The van der Waals surface area contributed by atoms with Crippen LogP contribution in [0.1, 0.15) is 22.3 Å². The van der Waals surface area contributed by atoms with Crippen LogP contribution in [0.15, 0.2) is 234 Å². The molecule has 0 aliphatic carbocycles. The van der Waals surface area contributed by atoms with Crippen molar-refractivity contribution in [3.8, 4) is 33.8 Å². The SMILES string of the molecule is c1ccc(-c2ccc3c(c2)C2(c4cc(N(c5ccc(-c6cccc7ccccc67)cc5)c5cccc6ccccc56)ccc4O3)c3ccccc3Sc3ccccc32)cc1. The molecule has 2 aliphatic heterocycles. The molecule has 2 nitrogen and oxygen atoms in total. The van der Waals surface area contributed by atoms with E-state index in [1.54, 1.807) is 0 Å². The minimum atomic E-state index is -0.662. The molecule has 0 fully saturated rings. The van der Waals surface area contributed by atoms with Crippen LogP contribution in [0.25, 0.3) is 43.8 Å². The summed E-state index contributed by atoms with van der Waals surface area (Å²) in [6, 6.07) is 81.7. The Bertz CT molecular complexity index is 3220. The van der Waals surface area contributed by atoms with Gasteiger partial charge in [0.05, 0.1) is 11.1 Å². The molecule has 282 valence electrons. The van der Waals surface area contributed by atoms with Gasteiger partial charge >= 0.3 is 0 Å². The summed E-state index contributed by atoms with van der Waals surface area (Å²) < 4.78 is 7.02. The Hall–Kier alpha value is -7.33. The Labute approximate surface area is 354 Å². The second kappa shape index (κ2) is 13.9. The van der Waals surface area contributed by atoms with Crippen molar-refractivity contribution >= 4 is 50.4 Å². The molecular formula is C57H37NOS. The molecule has 0 N–H and O–H groups in total. The van der Waals surface area contributed by atoms with E-state index in [1.807, 2.05) is 11.8 Å². The van der Waals surface area contributed by atoms with Crippen molar-refractivity contribution in [3.05, 3.63) is 247 Å². The molecule has 12 rings (SSSR count). The zero-order chi connectivity index (χ0) is 39.6. The van der Waals surface area contributed by atoms with Crippen LogP contribution in [-0.2, 0) is 5.41 Å². The Morgan fingerprint density at radius 3 is 1.67 bits per heavy atom. The Morgan fingerprint density at radius 2 is 0.917 bits per heavy atom. The third-order valence-corrected chi connectivity index (χ3v) is 13.5. The van der Waals surface area contributed by atoms with E-state index in [4.69, 9.17) is 4.74 Å². The lowest BCUT2D eigenvalue weighted by Gasteiger charge is -2.45. The molecule has 10 aromatic rings. The van der Waals surface area contributed by atoms with Crippen molar-refractivity contribution < 1.29 is 4.74 Å². The third kappa shape index (κ3) is 5.36. The van der Waals surface area contributed by atoms with E-state index in [2.05, 4.69) is 229 Å². The van der Waals surface area contributed by atoms with E-state index in [1.165, 1.54) is 59.2 Å². The van der Waals surface area contributed by atoms with Crippen molar-refractivity contribution in [2.75, 3.05) is 4.90 Å². The lowest BCUT2D eigenvalue weighted by molar-refractivity contribution is 0.431. The number of fused-ring (bicyclic) bond motifs is 10. The van der Waals surface area contributed by atoms with Crippen LogP contribution in [0.3, 0.4) is 0 Å². The zero-order valence-electron chi connectivity index (χ0n) is 32.6. The van der Waals surface area contributed by atoms with Crippen LogP contribution in [-0.4, -0.2) is 0 Å². The van der Waals surface area contributed by atoms with Gasteiger partial charge in [0.25, 0.3) is 0 Å². The van der Waals surface area contributed by atoms with Crippen LogP contribution >= 0.6 is 11.8 Å². The van der Waals surface area contributed by atoms with Crippen molar-refractivity contribution in [1.82, 2.24) is 0 Å². The van der Waals surface area contributed by atoms with Gasteiger partial charge in [-0.25, -0.2) is 0 Å². The van der Waals surface area contributed by atoms with Gasteiger partial charge in [-0.2, -0.15) is 0 Å². The minimum Gasteiger partial charge on any atom is -0.457 e. The molecule has 0 bridgehead atoms. The highest BCUT2D eigenvalue weighted by molar-refractivity contribution is 7.99. The molecule has 0 amide bonds. The van der Waals surface area contributed by atoms with Crippen LogP contribution in [0.5, 0.6) is 11.5 Å². The van der Waals surface area contributed by atoms with Gasteiger partial charge in [-0.1, -0.05) is 176 Å². The summed E-state index contributed by atoms with van der Waals surface area (Å²) in [5, 5.41) is 4.87. The monoisotopic (exact) mass is 783 g/mol. The Kier molecular flexibility index (Phi) is 8.04. The van der Waals surface area contributed by atoms with Gasteiger partial charge in [-0.3, -0.25) is 0 Å². The van der Waals surface area contributed by atoms with Gasteiger partial charge in [-0.15, -0.1) is 0 Å². The van der Waals surface area contributed by atoms with E-state index in [0.717, 1.165) is 45.3 Å².